The first-order chi connectivity index (χ1) is 14.5. The number of benzene rings is 2. The van der Waals surface area contributed by atoms with E-state index in [-0.39, 0.29) is 28.9 Å². The Labute approximate surface area is 178 Å². The van der Waals surface area contributed by atoms with Crippen LogP contribution >= 0.6 is 15.9 Å². The lowest BCUT2D eigenvalue weighted by Gasteiger charge is -2.05. The smallest absolute Gasteiger partial charge is 0.162 e. The quantitative estimate of drug-likeness (QED) is 0.219. The third kappa shape index (κ3) is 4.17. The average Bonchev–Trinajstić information content (AvgIpc) is 3.36. The van der Waals surface area contributed by atoms with Crippen LogP contribution in [0.3, 0.4) is 0 Å². The van der Waals surface area contributed by atoms with Crippen molar-refractivity contribution >= 4 is 44.1 Å². The number of hydroxylamine groups is 1. The van der Waals surface area contributed by atoms with Gasteiger partial charge in [-0.05, 0) is 45.8 Å². The van der Waals surface area contributed by atoms with Gasteiger partial charge in [0.15, 0.2) is 5.84 Å². The normalized spacial score (nSPS) is 11.8. The van der Waals surface area contributed by atoms with Crippen molar-refractivity contribution in [1.29, 1.82) is 0 Å². The van der Waals surface area contributed by atoms with Crippen molar-refractivity contribution in [2.24, 2.45) is 4.99 Å². The molecule has 3 N–H and O–H groups in total. The van der Waals surface area contributed by atoms with Crippen molar-refractivity contribution in [3.63, 3.8) is 0 Å². The number of ketones is 1. The van der Waals surface area contributed by atoms with Crippen LogP contribution < -0.4 is 5.48 Å². The second-order valence-corrected chi connectivity index (χ2v) is 7.45. The zero-order chi connectivity index (χ0) is 21.1. The largest absolute Gasteiger partial charge is 0.364 e. The lowest BCUT2D eigenvalue weighted by molar-refractivity contribution is -0.117. The van der Waals surface area contributed by atoms with E-state index in [0.717, 1.165) is 16.5 Å². The van der Waals surface area contributed by atoms with Crippen LogP contribution in [-0.2, 0) is 17.6 Å². The number of fused-ring (bicyclic) bond motifs is 1. The molecule has 0 atom stereocenters. The number of Topliss-reactive ketones (excluding diaryl/α,β-unsaturated/α-hetero) is 1. The van der Waals surface area contributed by atoms with E-state index >= 15 is 0 Å². The van der Waals surface area contributed by atoms with Crippen molar-refractivity contribution < 1.29 is 18.9 Å². The minimum absolute atomic E-state index is 0.000841. The van der Waals surface area contributed by atoms with Crippen LogP contribution in [0.1, 0.15) is 16.8 Å². The van der Waals surface area contributed by atoms with E-state index in [2.05, 4.69) is 31.1 Å². The van der Waals surface area contributed by atoms with Crippen molar-refractivity contribution in [1.82, 2.24) is 15.6 Å². The number of amidine groups is 1. The minimum Gasteiger partial charge on any atom is -0.364 e. The van der Waals surface area contributed by atoms with E-state index < -0.39 is 5.82 Å². The molecule has 2 heterocycles. The lowest BCUT2D eigenvalue weighted by Crippen LogP contribution is -2.22. The first-order valence-electron chi connectivity index (χ1n) is 8.99. The zero-order valence-electron chi connectivity index (χ0n) is 15.5. The summed E-state index contributed by atoms with van der Waals surface area (Å²) in [5.41, 5.74) is 4.91. The molecule has 0 fully saturated rings. The van der Waals surface area contributed by atoms with Gasteiger partial charge in [0.05, 0.1) is 22.1 Å². The van der Waals surface area contributed by atoms with Crippen LogP contribution in [0.4, 0.5) is 10.1 Å². The van der Waals surface area contributed by atoms with Crippen LogP contribution in [0.5, 0.6) is 0 Å². The number of nitrogens with one attached hydrogen (secondary N) is 2. The third-order valence-electron chi connectivity index (χ3n) is 4.58. The molecule has 0 saturated heterocycles. The highest BCUT2D eigenvalue weighted by Crippen LogP contribution is 2.23. The summed E-state index contributed by atoms with van der Waals surface area (Å²) in [5.74, 6) is -0.470. The number of rotatable bonds is 6. The second kappa shape index (κ2) is 8.60. The van der Waals surface area contributed by atoms with Gasteiger partial charge in [0.2, 0.25) is 0 Å². The number of aromatic nitrogens is 2. The van der Waals surface area contributed by atoms with Crippen LogP contribution in [0.25, 0.3) is 10.9 Å². The Bertz CT molecular complexity index is 1250. The van der Waals surface area contributed by atoms with E-state index in [1.54, 1.807) is 0 Å². The molecule has 0 bridgehead atoms. The number of hydrogen-bond acceptors (Lipinski definition) is 5. The van der Waals surface area contributed by atoms with Crippen LogP contribution in [0, 0.1) is 5.82 Å². The fraction of sp³-hybridized carbons (Fsp3) is 0.0952. The van der Waals surface area contributed by atoms with Crippen LogP contribution in [-0.4, -0.2) is 27.0 Å². The maximum atomic E-state index is 13.4. The van der Waals surface area contributed by atoms with Gasteiger partial charge in [-0.2, -0.15) is 0 Å². The number of para-hydroxylation sites is 1. The summed E-state index contributed by atoms with van der Waals surface area (Å²) in [5, 5.41) is 14.4. The highest BCUT2D eigenvalue weighted by Gasteiger charge is 2.18. The highest BCUT2D eigenvalue weighted by molar-refractivity contribution is 9.10. The number of carbonyl (C=O) groups excluding carboxylic acids is 1. The Morgan fingerprint density at radius 2 is 2.10 bits per heavy atom. The zero-order valence-corrected chi connectivity index (χ0v) is 17.1. The fourth-order valence-corrected chi connectivity index (χ4v) is 3.52. The van der Waals surface area contributed by atoms with Gasteiger partial charge >= 0.3 is 0 Å². The molecule has 4 aromatic rings. The first kappa shape index (κ1) is 20.0. The number of nitrogens with zero attached hydrogens (tertiary/aromatic N) is 2. The van der Waals surface area contributed by atoms with E-state index in [1.165, 1.54) is 24.5 Å². The summed E-state index contributed by atoms with van der Waals surface area (Å²) in [7, 11) is 0. The van der Waals surface area contributed by atoms with E-state index in [0.29, 0.717) is 16.9 Å². The maximum Gasteiger partial charge on any atom is 0.162 e. The molecule has 0 saturated carbocycles. The Balaban J connectivity index is 1.55. The first-order valence-corrected chi connectivity index (χ1v) is 9.78. The predicted octanol–water partition coefficient (Wildman–Crippen LogP) is 4.47. The van der Waals surface area contributed by atoms with Crippen LogP contribution in [0.15, 0.2) is 68.9 Å². The van der Waals surface area contributed by atoms with Crippen molar-refractivity contribution in [3.8, 4) is 0 Å². The molecule has 0 unspecified atom stereocenters. The molecular weight excluding hydrogens is 455 g/mol. The monoisotopic (exact) mass is 470 g/mol. The van der Waals surface area contributed by atoms with Gasteiger partial charge in [-0.3, -0.25) is 15.5 Å². The molecule has 4 rings (SSSR count). The molecule has 0 aliphatic carbocycles. The molecule has 0 spiro atoms. The number of aromatic amines is 1. The van der Waals surface area contributed by atoms with Gasteiger partial charge < -0.3 is 9.51 Å². The molecule has 30 heavy (non-hydrogen) atoms. The number of hydrogen-bond donors (Lipinski definition) is 3. The summed E-state index contributed by atoms with van der Waals surface area (Å²) in [6.45, 7) is 0. The number of H-pyrrole nitrogens is 1. The fourth-order valence-electron chi connectivity index (χ4n) is 3.15. The SMILES string of the molecule is O=C(Cc1nocc1C(=Nc1ccc(F)c(Br)c1)NO)Cc1c[nH]c2ccccc12. The summed E-state index contributed by atoms with van der Waals surface area (Å²) in [6.07, 6.45) is 3.33. The molecule has 7 nitrogen and oxygen atoms in total. The Kier molecular flexibility index (Phi) is 5.73. The van der Waals surface area contributed by atoms with Gasteiger partial charge in [-0.15, -0.1) is 0 Å². The molecular formula is C21H16BrFN4O3. The predicted molar refractivity (Wildman–Crippen MR) is 112 cm³/mol. The van der Waals surface area contributed by atoms with E-state index in [9.17, 15) is 14.4 Å². The lowest BCUT2D eigenvalue weighted by atomic mass is 10.0. The van der Waals surface area contributed by atoms with Crippen molar-refractivity contribution in [3.05, 3.63) is 82.0 Å². The minimum atomic E-state index is -0.430. The highest BCUT2D eigenvalue weighted by atomic mass is 79.9. The van der Waals surface area contributed by atoms with Gasteiger partial charge in [0.1, 0.15) is 23.6 Å². The van der Waals surface area contributed by atoms with Gasteiger partial charge in [0.25, 0.3) is 0 Å². The molecule has 0 aliphatic heterocycles. The van der Waals surface area contributed by atoms with Gasteiger partial charge in [-0.25, -0.2) is 9.38 Å². The summed E-state index contributed by atoms with van der Waals surface area (Å²) in [6, 6.07) is 11.9. The number of carbonyl (C=O) groups is 1. The standard InChI is InChI=1S/C21H16BrFN4O3/c22-17-8-13(5-6-18(17)23)25-21(26-29)16-11-30-27-20(16)9-14(28)7-12-10-24-19-4-2-1-3-15(12)19/h1-6,8,10-11,24,29H,7,9H2,(H,25,26). The third-order valence-corrected chi connectivity index (χ3v) is 5.18. The molecule has 2 aromatic heterocycles. The van der Waals surface area contributed by atoms with E-state index in [4.69, 9.17) is 4.52 Å². The Hall–Kier alpha value is -3.30. The van der Waals surface area contributed by atoms with Crippen LogP contribution in [0.2, 0.25) is 0 Å². The molecule has 0 aliphatic rings. The summed E-state index contributed by atoms with van der Waals surface area (Å²) < 4.78 is 18.7. The number of aliphatic imine (C=N–C) groups is 1. The Morgan fingerprint density at radius 3 is 2.90 bits per heavy atom. The topological polar surface area (TPSA) is 104 Å². The molecule has 9 heteroatoms. The van der Waals surface area contributed by atoms with Crippen molar-refractivity contribution in [2.45, 2.75) is 12.8 Å². The number of halogens is 2. The average molecular weight is 471 g/mol. The van der Waals surface area contributed by atoms with E-state index in [1.807, 2.05) is 35.9 Å². The summed E-state index contributed by atoms with van der Waals surface area (Å²) >= 11 is 3.09. The Morgan fingerprint density at radius 1 is 1.27 bits per heavy atom. The van der Waals surface area contributed by atoms with Crippen molar-refractivity contribution in [2.75, 3.05) is 0 Å². The molecule has 152 valence electrons. The molecule has 0 amide bonds. The maximum absolute atomic E-state index is 13.4. The second-order valence-electron chi connectivity index (χ2n) is 6.60. The molecule has 0 radical (unpaired) electrons. The summed E-state index contributed by atoms with van der Waals surface area (Å²) in [4.78, 5) is 20.1. The molecule has 2 aromatic carbocycles. The van der Waals surface area contributed by atoms with Gasteiger partial charge in [-0.1, -0.05) is 23.4 Å². The van der Waals surface area contributed by atoms with Gasteiger partial charge in [0, 0.05) is 23.5 Å².